The van der Waals surface area contributed by atoms with Crippen LogP contribution in [0.4, 0.5) is 11.4 Å². The average Bonchev–Trinajstić information content (AvgIpc) is 3.19. The Balaban J connectivity index is 1.64. The first-order chi connectivity index (χ1) is 13.9. The highest BCUT2D eigenvalue weighted by atomic mass is 32.1. The third kappa shape index (κ3) is 2.81. The van der Waals surface area contributed by atoms with E-state index in [0.717, 1.165) is 22.5 Å². The minimum atomic E-state index is -0.229. The zero-order valence-corrected chi connectivity index (χ0v) is 17.3. The Morgan fingerprint density at radius 2 is 1.86 bits per heavy atom. The molecule has 3 aromatic rings. The van der Waals surface area contributed by atoms with Crippen LogP contribution < -0.4 is 25.1 Å². The minimum Gasteiger partial charge on any atom is -0.334 e. The lowest BCUT2D eigenvalue weighted by atomic mass is 10.1. The molecule has 29 heavy (non-hydrogen) atoms. The normalized spacial score (nSPS) is 16.9. The van der Waals surface area contributed by atoms with Crippen LogP contribution in [0.5, 0.6) is 0 Å². The van der Waals surface area contributed by atoms with Gasteiger partial charge in [-0.25, -0.2) is 4.99 Å². The van der Waals surface area contributed by atoms with Gasteiger partial charge in [0, 0.05) is 16.9 Å². The van der Waals surface area contributed by atoms with Crippen molar-refractivity contribution in [1.29, 1.82) is 0 Å². The van der Waals surface area contributed by atoms with Gasteiger partial charge in [-0.05, 0) is 56.2 Å². The molecular formula is C22H20N4O2S. The molecule has 0 bridgehead atoms. The van der Waals surface area contributed by atoms with Crippen molar-refractivity contribution in [1.82, 2.24) is 4.57 Å². The highest BCUT2D eigenvalue weighted by Crippen LogP contribution is 2.30. The Labute approximate surface area is 171 Å². The molecule has 0 saturated heterocycles. The Morgan fingerprint density at radius 3 is 2.66 bits per heavy atom. The number of carbonyl (C=O) groups excluding carboxylic acids is 1. The molecule has 1 amide bonds. The fourth-order valence-corrected chi connectivity index (χ4v) is 4.81. The molecule has 2 aromatic carbocycles. The molecule has 2 aliphatic rings. The first kappa shape index (κ1) is 17.9. The molecule has 0 unspecified atom stereocenters. The van der Waals surface area contributed by atoms with Crippen LogP contribution >= 0.6 is 11.3 Å². The highest BCUT2D eigenvalue weighted by Gasteiger charge is 2.28. The number of anilines is 2. The van der Waals surface area contributed by atoms with Crippen LogP contribution in [0, 0.1) is 20.8 Å². The van der Waals surface area contributed by atoms with Crippen LogP contribution in [0.3, 0.4) is 0 Å². The van der Waals surface area contributed by atoms with E-state index in [-0.39, 0.29) is 11.5 Å². The summed E-state index contributed by atoms with van der Waals surface area (Å²) in [5.41, 5.74) is 6.35. The smallest absolute Gasteiger partial charge is 0.272 e. The van der Waals surface area contributed by atoms with Crippen molar-refractivity contribution >= 4 is 34.2 Å². The zero-order chi connectivity index (χ0) is 20.3. The van der Waals surface area contributed by atoms with Crippen molar-refractivity contribution < 1.29 is 4.79 Å². The van der Waals surface area contributed by atoms with E-state index in [9.17, 15) is 9.59 Å². The van der Waals surface area contributed by atoms with E-state index < -0.39 is 0 Å². The lowest BCUT2D eigenvalue weighted by molar-refractivity contribution is -0.110. The lowest BCUT2D eigenvalue weighted by Gasteiger charge is -2.26. The number of rotatable bonds is 1. The second-order valence-corrected chi connectivity index (χ2v) is 8.55. The third-order valence-corrected chi connectivity index (χ3v) is 6.67. The third-order valence-electron chi connectivity index (χ3n) is 5.55. The van der Waals surface area contributed by atoms with Gasteiger partial charge in [-0.15, -0.1) is 0 Å². The van der Waals surface area contributed by atoms with Crippen LogP contribution in [0.15, 0.2) is 46.2 Å². The monoisotopic (exact) mass is 404 g/mol. The van der Waals surface area contributed by atoms with Crippen molar-refractivity contribution in [2.45, 2.75) is 27.4 Å². The van der Waals surface area contributed by atoms with Gasteiger partial charge in [0.05, 0.1) is 5.57 Å². The predicted molar refractivity (Wildman–Crippen MR) is 115 cm³/mol. The molecule has 146 valence electrons. The summed E-state index contributed by atoms with van der Waals surface area (Å²) in [6.07, 6.45) is 0. The molecule has 0 atom stereocenters. The van der Waals surface area contributed by atoms with Crippen molar-refractivity contribution in [3.05, 3.63) is 78.3 Å². The Kier molecular flexibility index (Phi) is 3.96. The maximum Gasteiger partial charge on any atom is 0.272 e. The Morgan fingerprint density at radius 1 is 1.03 bits per heavy atom. The summed E-state index contributed by atoms with van der Waals surface area (Å²) in [5, 5.41) is 2.87. The molecule has 0 aliphatic carbocycles. The van der Waals surface area contributed by atoms with Gasteiger partial charge < -0.3 is 10.2 Å². The molecule has 0 radical (unpaired) electrons. The van der Waals surface area contributed by atoms with E-state index in [0.29, 0.717) is 28.2 Å². The van der Waals surface area contributed by atoms with E-state index in [1.54, 1.807) is 4.57 Å². The largest absolute Gasteiger partial charge is 0.334 e. The molecular weight excluding hydrogens is 384 g/mol. The van der Waals surface area contributed by atoms with Crippen LogP contribution in [0.25, 0.3) is 5.57 Å². The summed E-state index contributed by atoms with van der Waals surface area (Å²) in [6, 6.07) is 12.0. The van der Waals surface area contributed by atoms with Crippen LogP contribution in [-0.4, -0.2) is 17.1 Å². The minimum absolute atomic E-state index is 0.165. The Bertz CT molecular complexity index is 1370. The molecule has 0 saturated carbocycles. The fourth-order valence-electron chi connectivity index (χ4n) is 3.75. The number of aromatic nitrogens is 1. The topological polar surface area (TPSA) is 66.7 Å². The highest BCUT2D eigenvalue weighted by molar-refractivity contribution is 7.07. The van der Waals surface area contributed by atoms with Gasteiger partial charge >= 0.3 is 0 Å². The van der Waals surface area contributed by atoms with Gasteiger partial charge in [-0.3, -0.25) is 14.2 Å². The van der Waals surface area contributed by atoms with Crippen molar-refractivity contribution in [3.8, 4) is 0 Å². The van der Waals surface area contributed by atoms with E-state index in [1.165, 1.54) is 22.5 Å². The second kappa shape index (κ2) is 6.42. The van der Waals surface area contributed by atoms with E-state index >= 15 is 0 Å². The number of amides is 1. The van der Waals surface area contributed by atoms with E-state index in [1.807, 2.05) is 25.1 Å². The molecule has 3 heterocycles. The molecule has 1 N–H and O–H groups in total. The number of carbonyl (C=O) groups is 1. The van der Waals surface area contributed by atoms with E-state index in [4.69, 9.17) is 0 Å². The van der Waals surface area contributed by atoms with Gasteiger partial charge in [0.25, 0.3) is 11.5 Å². The summed E-state index contributed by atoms with van der Waals surface area (Å²) in [4.78, 5) is 33.2. The van der Waals surface area contributed by atoms with Gasteiger partial charge in [0.15, 0.2) is 4.80 Å². The van der Waals surface area contributed by atoms with Gasteiger partial charge in [0.1, 0.15) is 17.9 Å². The first-order valence-electron chi connectivity index (χ1n) is 9.45. The lowest BCUT2D eigenvalue weighted by Crippen LogP contribution is -2.43. The van der Waals surface area contributed by atoms with Gasteiger partial charge in [-0.1, -0.05) is 29.0 Å². The molecule has 1 aromatic heterocycles. The van der Waals surface area contributed by atoms with Crippen LogP contribution in [-0.2, 0) is 11.5 Å². The summed E-state index contributed by atoms with van der Waals surface area (Å²) in [7, 11) is 0. The maximum atomic E-state index is 13.2. The molecule has 6 nitrogen and oxygen atoms in total. The number of benzene rings is 2. The number of hydrogen-bond donors (Lipinski definition) is 1. The number of hydrogen-bond acceptors (Lipinski definition) is 5. The number of thiazole rings is 1. The van der Waals surface area contributed by atoms with Gasteiger partial charge in [-0.2, -0.15) is 0 Å². The van der Waals surface area contributed by atoms with Crippen molar-refractivity contribution in [3.63, 3.8) is 0 Å². The van der Waals surface area contributed by atoms with Crippen molar-refractivity contribution in [2.24, 2.45) is 4.99 Å². The zero-order valence-electron chi connectivity index (χ0n) is 16.4. The van der Waals surface area contributed by atoms with Crippen molar-refractivity contribution in [2.75, 3.05) is 16.9 Å². The number of aryl methyl sites for hydroxylation is 3. The van der Waals surface area contributed by atoms with Crippen LogP contribution in [0.1, 0.15) is 22.3 Å². The second-order valence-electron chi connectivity index (χ2n) is 7.57. The van der Waals surface area contributed by atoms with E-state index in [2.05, 4.69) is 47.3 Å². The SMILES string of the molecule is Cc1ccc2c(c1)/C(=c1\sc3n(c1=O)CN(c1ccc(C)c(C)c1)CN=3)C(=O)N2. The quantitative estimate of drug-likeness (QED) is 0.675. The summed E-state index contributed by atoms with van der Waals surface area (Å²) >= 11 is 1.29. The summed E-state index contributed by atoms with van der Waals surface area (Å²) in [5.74, 6) is -0.229. The molecule has 7 heteroatoms. The fraction of sp³-hybridized carbons (Fsp3) is 0.227. The molecule has 2 aliphatic heterocycles. The first-order valence-corrected chi connectivity index (χ1v) is 10.3. The summed E-state index contributed by atoms with van der Waals surface area (Å²) < 4.78 is 2.11. The standard InChI is InChI=1S/C22H20N4O2S/c1-12-4-7-17-16(8-12)18(20(27)24-17)19-21(28)26-11-25(10-23-22(26)29-19)15-6-5-13(2)14(3)9-15/h4-9H,10-11H2,1-3H3,(H,24,27)/b19-18+. The Hall–Kier alpha value is -3.19. The molecule has 5 rings (SSSR count). The number of fused-ring (bicyclic) bond motifs is 2. The molecule has 0 fully saturated rings. The maximum absolute atomic E-state index is 13.2. The number of nitrogens with one attached hydrogen (secondary N) is 1. The van der Waals surface area contributed by atoms with Crippen LogP contribution in [0.2, 0.25) is 0 Å². The molecule has 0 spiro atoms. The summed E-state index contributed by atoms with van der Waals surface area (Å²) in [6.45, 7) is 7.04. The van der Waals surface area contributed by atoms with Gasteiger partial charge in [0.2, 0.25) is 0 Å². The predicted octanol–water partition coefficient (Wildman–Crippen LogP) is 2.04. The number of nitrogens with zero attached hydrogens (tertiary/aromatic N) is 3. The average molecular weight is 404 g/mol.